The molecule has 0 saturated carbocycles. The zero-order valence-electron chi connectivity index (χ0n) is 9.71. The van der Waals surface area contributed by atoms with E-state index in [1.807, 2.05) is 0 Å². The Morgan fingerprint density at radius 2 is 1.80 bits per heavy atom. The van der Waals surface area contributed by atoms with Gasteiger partial charge in [0, 0.05) is 13.0 Å². The third-order valence-corrected chi connectivity index (χ3v) is 2.35. The van der Waals surface area contributed by atoms with Gasteiger partial charge in [0.25, 0.3) is 0 Å². The summed E-state index contributed by atoms with van der Waals surface area (Å²) in [4.78, 5) is 21.3. The maximum Gasteiger partial charge on any atom is 0.303 e. The second-order valence-corrected chi connectivity index (χ2v) is 4.12. The van der Waals surface area contributed by atoms with Crippen LogP contribution in [0, 0.1) is 0 Å². The van der Waals surface area contributed by atoms with E-state index in [-0.39, 0.29) is 12.2 Å². The van der Waals surface area contributed by atoms with Gasteiger partial charge in [-0.05, 0) is 33.6 Å². The van der Waals surface area contributed by atoms with Crippen molar-refractivity contribution in [2.24, 2.45) is 0 Å². The number of carbonyl (C=O) groups is 2. The molecule has 88 valence electrons. The molecule has 0 aliphatic rings. The summed E-state index contributed by atoms with van der Waals surface area (Å²) in [6.07, 6.45) is 2.49. The van der Waals surface area contributed by atoms with Gasteiger partial charge in [0.05, 0.1) is 0 Å². The fourth-order valence-electron chi connectivity index (χ4n) is 0.984. The molecule has 0 aliphatic heterocycles. The molecule has 0 aromatic carbocycles. The van der Waals surface area contributed by atoms with Gasteiger partial charge in [-0.3, -0.25) is 9.59 Å². The predicted molar refractivity (Wildman–Crippen MR) is 56.8 cm³/mol. The van der Waals surface area contributed by atoms with Crippen molar-refractivity contribution in [1.82, 2.24) is 0 Å². The molecule has 0 heterocycles. The molecule has 0 fully saturated rings. The molecule has 0 amide bonds. The Bertz CT molecular complexity index is 221. The van der Waals surface area contributed by atoms with Crippen molar-refractivity contribution < 1.29 is 19.4 Å². The third-order valence-electron chi connectivity index (χ3n) is 2.35. The smallest absolute Gasteiger partial charge is 0.303 e. The van der Waals surface area contributed by atoms with Crippen LogP contribution in [0.1, 0.15) is 46.5 Å². The standard InChI is InChI=1S/C11H20O4/c1-9(12)11(2,3)15-8-6-4-5-7-10(13)14/h4-8H2,1-3H3,(H,13,14). The maximum absolute atomic E-state index is 11.1. The molecule has 15 heavy (non-hydrogen) atoms. The Kier molecular flexibility index (Phi) is 6.17. The van der Waals surface area contributed by atoms with E-state index in [1.54, 1.807) is 13.8 Å². The van der Waals surface area contributed by atoms with Crippen molar-refractivity contribution in [3.63, 3.8) is 0 Å². The molecule has 4 heteroatoms. The van der Waals surface area contributed by atoms with Crippen LogP contribution >= 0.6 is 0 Å². The summed E-state index contributed by atoms with van der Waals surface area (Å²) in [6.45, 7) is 5.50. The molecule has 0 aromatic rings. The van der Waals surface area contributed by atoms with Gasteiger partial charge in [-0.15, -0.1) is 0 Å². The van der Waals surface area contributed by atoms with Crippen molar-refractivity contribution in [1.29, 1.82) is 0 Å². The molecule has 0 bridgehead atoms. The van der Waals surface area contributed by atoms with Gasteiger partial charge in [0.1, 0.15) is 5.60 Å². The lowest BCUT2D eigenvalue weighted by molar-refractivity contribution is -0.138. The van der Waals surface area contributed by atoms with Crippen molar-refractivity contribution in [2.75, 3.05) is 6.61 Å². The van der Waals surface area contributed by atoms with E-state index in [2.05, 4.69) is 0 Å². The highest BCUT2D eigenvalue weighted by molar-refractivity contribution is 5.83. The lowest BCUT2D eigenvalue weighted by Crippen LogP contribution is -2.33. The molecule has 0 atom stereocenters. The van der Waals surface area contributed by atoms with Crippen LogP contribution in [-0.2, 0) is 14.3 Å². The van der Waals surface area contributed by atoms with Gasteiger partial charge in [0.2, 0.25) is 0 Å². The number of hydrogen-bond donors (Lipinski definition) is 1. The molecule has 0 unspecified atom stereocenters. The first-order chi connectivity index (χ1) is 6.86. The van der Waals surface area contributed by atoms with Gasteiger partial charge < -0.3 is 9.84 Å². The molecule has 0 saturated heterocycles. The minimum absolute atomic E-state index is 0.00744. The Morgan fingerprint density at radius 3 is 2.27 bits per heavy atom. The largest absolute Gasteiger partial charge is 0.481 e. The van der Waals surface area contributed by atoms with Gasteiger partial charge in [-0.1, -0.05) is 6.42 Å². The average Bonchev–Trinajstić information content (AvgIpc) is 2.10. The van der Waals surface area contributed by atoms with E-state index in [0.717, 1.165) is 12.8 Å². The lowest BCUT2D eigenvalue weighted by Gasteiger charge is -2.21. The number of unbranched alkanes of at least 4 members (excludes halogenated alkanes) is 2. The van der Waals surface area contributed by atoms with Gasteiger partial charge in [0.15, 0.2) is 5.78 Å². The van der Waals surface area contributed by atoms with Crippen LogP contribution in [0.25, 0.3) is 0 Å². The lowest BCUT2D eigenvalue weighted by atomic mass is 10.1. The number of aliphatic carboxylic acids is 1. The molecule has 0 aliphatic carbocycles. The monoisotopic (exact) mass is 216 g/mol. The zero-order valence-corrected chi connectivity index (χ0v) is 9.71. The van der Waals surface area contributed by atoms with Crippen molar-refractivity contribution >= 4 is 11.8 Å². The highest BCUT2D eigenvalue weighted by Crippen LogP contribution is 2.11. The first-order valence-electron chi connectivity index (χ1n) is 5.23. The van der Waals surface area contributed by atoms with Crippen molar-refractivity contribution in [2.45, 2.75) is 52.1 Å². The summed E-state index contributed by atoms with van der Waals surface area (Å²) in [7, 11) is 0. The summed E-state index contributed by atoms with van der Waals surface area (Å²) in [6, 6.07) is 0. The maximum atomic E-state index is 11.1. The minimum atomic E-state index is -0.764. The predicted octanol–water partition coefficient (Wildman–Crippen LogP) is 2.02. The summed E-state index contributed by atoms with van der Waals surface area (Å²) >= 11 is 0. The topological polar surface area (TPSA) is 63.6 Å². The average molecular weight is 216 g/mol. The van der Waals surface area contributed by atoms with E-state index in [4.69, 9.17) is 9.84 Å². The summed E-state index contributed by atoms with van der Waals surface area (Å²) in [5.74, 6) is -0.756. The summed E-state index contributed by atoms with van der Waals surface area (Å²) in [5.41, 5.74) is -0.715. The fraction of sp³-hybridized carbons (Fsp3) is 0.818. The highest BCUT2D eigenvalue weighted by atomic mass is 16.5. The molecule has 0 rings (SSSR count). The number of carboxylic acids is 1. The highest BCUT2D eigenvalue weighted by Gasteiger charge is 2.23. The van der Waals surface area contributed by atoms with Gasteiger partial charge in [-0.25, -0.2) is 0 Å². The van der Waals surface area contributed by atoms with Crippen molar-refractivity contribution in [3.8, 4) is 0 Å². The first kappa shape index (κ1) is 14.1. The van der Waals surface area contributed by atoms with E-state index in [1.165, 1.54) is 6.92 Å². The number of Topliss-reactive ketones (excluding diaryl/α,β-unsaturated/α-hetero) is 1. The number of ether oxygens (including phenoxy) is 1. The second-order valence-electron chi connectivity index (χ2n) is 4.12. The molecule has 1 N–H and O–H groups in total. The molecule has 0 aromatic heterocycles. The SMILES string of the molecule is CC(=O)C(C)(C)OCCCCCC(=O)O. The number of carbonyl (C=O) groups excluding carboxylic acids is 1. The quantitative estimate of drug-likeness (QED) is 0.630. The number of ketones is 1. The van der Waals surface area contributed by atoms with E-state index in [0.29, 0.717) is 13.0 Å². The molecule has 0 spiro atoms. The normalized spacial score (nSPS) is 11.4. The zero-order chi connectivity index (χ0) is 11.9. The molecular weight excluding hydrogens is 196 g/mol. The Labute approximate surface area is 90.6 Å². The molecule has 0 radical (unpaired) electrons. The Hall–Kier alpha value is -0.900. The van der Waals surface area contributed by atoms with Crippen LogP contribution in [0.3, 0.4) is 0 Å². The Morgan fingerprint density at radius 1 is 1.20 bits per heavy atom. The van der Waals surface area contributed by atoms with Crippen LogP contribution in [0.4, 0.5) is 0 Å². The number of rotatable bonds is 8. The van der Waals surface area contributed by atoms with Crippen LogP contribution in [0.5, 0.6) is 0 Å². The van der Waals surface area contributed by atoms with Gasteiger partial charge >= 0.3 is 5.97 Å². The van der Waals surface area contributed by atoms with Crippen LogP contribution in [0.2, 0.25) is 0 Å². The van der Waals surface area contributed by atoms with E-state index >= 15 is 0 Å². The molecule has 4 nitrogen and oxygen atoms in total. The summed E-state index contributed by atoms with van der Waals surface area (Å²) < 4.78 is 5.40. The third kappa shape index (κ3) is 7.08. The number of hydrogen-bond acceptors (Lipinski definition) is 3. The first-order valence-corrected chi connectivity index (χ1v) is 5.23. The van der Waals surface area contributed by atoms with Gasteiger partial charge in [-0.2, -0.15) is 0 Å². The molecular formula is C11H20O4. The second kappa shape index (κ2) is 6.56. The Balaban J connectivity index is 3.46. The fourth-order valence-corrected chi connectivity index (χ4v) is 0.984. The summed E-state index contributed by atoms with van der Waals surface area (Å²) in [5, 5.41) is 8.40. The van der Waals surface area contributed by atoms with Crippen molar-refractivity contribution in [3.05, 3.63) is 0 Å². The van der Waals surface area contributed by atoms with Crippen LogP contribution < -0.4 is 0 Å². The van der Waals surface area contributed by atoms with E-state index in [9.17, 15) is 9.59 Å². The van der Waals surface area contributed by atoms with Crippen LogP contribution in [0.15, 0.2) is 0 Å². The van der Waals surface area contributed by atoms with Crippen LogP contribution in [-0.4, -0.2) is 29.1 Å². The van der Waals surface area contributed by atoms with E-state index < -0.39 is 11.6 Å². The number of carboxylic acid groups (broad SMARTS) is 1. The minimum Gasteiger partial charge on any atom is -0.481 e.